The van der Waals surface area contributed by atoms with E-state index in [-0.39, 0.29) is 0 Å². The van der Waals surface area contributed by atoms with Gasteiger partial charge in [-0.2, -0.15) is 0 Å². The fourth-order valence-electron chi connectivity index (χ4n) is 3.04. The van der Waals surface area contributed by atoms with E-state index < -0.39 is 0 Å². The van der Waals surface area contributed by atoms with E-state index in [0.29, 0.717) is 0 Å². The number of aromatic nitrogens is 1. The predicted molar refractivity (Wildman–Crippen MR) is 78.3 cm³/mol. The molecule has 0 radical (unpaired) electrons. The highest BCUT2D eigenvalue weighted by Gasteiger charge is 2.15. The van der Waals surface area contributed by atoms with Crippen LogP contribution in [-0.2, 0) is 12.8 Å². The standard InChI is InChI=1S/C18H15N/c1-2-10-17-13(5-1)6-3-8-15-11-14-7-4-9-16(14)12-19-18(15)17/h1-2,4-5,7,9-12H,3,6,8H2. The van der Waals surface area contributed by atoms with Crippen LogP contribution in [0.1, 0.15) is 17.5 Å². The number of rotatable bonds is 0. The molecule has 0 unspecified atom stereocenters. The van der Waals surface area contributed by atoms with Gasteiger partial charge in [-0.25, -0.2) is 0 Å². The Labute approximate surface area is 113 Å². The van der Waals surface area contributed by atoms with Crippen molar-refractivity contribution in [2.24, 2.45) is 0 Å². The van der Waals surface area contributed by atoms with Gasteiger partial charge < -0.3 is 0 Å². The average molecular weight is 245 g/mol. The van der Waals surface area contributed by atoms with E-state index in [4.69, 9.17) is 4.98 Å². The lowest BCUT2D eigenvalue weighted by Gasteiger charge is -2.05. The van der Waals surface area contributed by atoms with E-state index in [1.165, 1.54) is 39.9 Å². The fraction of sp³-hybridized carbons (Fsp3) is 0.167. The third-order valence-electron chi connectivity index (χ3n) is 4.02. The third kappa shape index (κ3) is 1.74. The van der Waals surface area contributed by atoms with Gasteiger partial charge in [0.15, 0.2) is 0 Å². The molecule has 0 amide bonds. The van der Waals surface area contributed by atoms with E-state index in [1.54, 1.807) is 0 Å². The highest BCUT2D eigenvalue weighted by atomic mass is 14.7. The van der Waals surface area contributed by atoms with Crippen LogP contribution in [0.3, 0.4) is 0 Å². The summed E-state index contributed by atoms with van der Waals surface area (Å²) in [6.45, 7) is 0. The summed E-state index contributed by atoms with van der Waals surface area (Å²) in [6, 6.07) is 17.4. The molecule has 0 saturated carbocycles. The van der Waals surface area contributed by atoms with Gasteiger partial charge in [0.1, 0.15) is 0 Å². The van der Waals surface area contributed by atoms with Crippen molar-refractivity contribution < 1.29 is 0 Å². The molecule has 0 aromatic heterocycles. The molecule has 19 heavy (non-hydrogen) atoms. The molecule has 4 rings (SSSR count). The second-order valence-corrected chi connectivity index (χ2v) is 5.22. The zero-order valence-electron chi connectivity index (χ0n) is 10.8. The quantitative estimate of drug-likeness (QED) is 0.574. The normalized spacial score (nSPS) is 13.7. The fourth-order valence-corrected chi connectivity index (χ4v) is 3.04. The minimum Gasteiger partial charge on any atom is -0.255 e. The van der Waals surface area contributed by atoms with Crippen LogP contribution in [0.2, 0.25) is 0 Å². The first kappa shape index (κ1) is 10.7. The highest BCUT2D eigenvalue weighted by molar-refractivity contribution is 5.73. The maximum Gasteiger partial charge on any atom is 0.0737 e. The second-order valence-electron chi connectivity index (χ2n) is 5.22. The number of hydrogen-bond acceptors (Lipinski definition) is 1. The van der Waals surface area contributed by atoms with Gasteiger partial charge in [0.05, 0.1) is 5.69 Å². The van der Waals surface area contributed by atoms with Crippen molar-refractivity contribution in [2.45, 2.75) is 19.3 Å². The lowest BCUT2D eigenvalue weighted by molar-refractivity contribution is 0.834. The smallest absolute Gasteiger partial charge is 0.0737 e. The summed E-state index contributed by atoms with van der Waals surface area (Å²) >= 11 is 0. The molecule has 1 aromatic rings. The van der Waals surface area contributed by atoms with Gasteiger partial charge in [0, 0.05) is 11.8 Å². The van der Waals surface area contributed by atoms with Crippen molar-refractivity contribution in [3.05, 3.63) is 65.9 Å². The van der Waals surface area contributed by atoms with Gasteiger partial charge in [-0.05, 0) is 47.6 Å². The Morgan fingerprint density at radius 2 is 1.63 bits per heavy atom. The van der Waals surface area contributed by atoms with Gasteiger partial charge in [0.2, 0.25) is 0 Å². The number of aryl methyl sites for hydroxylation is 2. The summed E-state index contributed by atoms with van der Waals surface area (Å²) in [4.78, 5) is 4.78. The second kappa shape index (κ2) is 4.20. The van der Waals surface area contributed by atoms with Crippen LogP contribution >= 0.6 is 0 Å². The molecule has 1 heteroatoms. The van der Waals surface area contributed by atoms with Gasteiger partial charge in [-0.1, -0.05) is 42.5 Å². The molecule has 0 fully saturated rings. The lowest BCUT2D eigenvalue weighted by Crippen LogP contribution is -1.87. The molecular weight excluding hydrogens is 230 g/mol. The topological polar surface area (TPSA) is 12.9 Å². The van der Waals surface area contributed by atoms with Gasteiger partial charge in [-0.15, -0.1) is 0 Å². The Morgan fingerprint density at radius 1 is 0.789 bits per heavy atom. The summed E-state index contributed by atoms with van der Waals surface area (Å²) in [5, 5.41) is 0. The van der Waals surface area contributed by atoms with Gasteiger partial charge in [0.25, 0.3) is 0 Å². The van der Waals surface area contributed by atoms with Crippen molar-refractivity contribution in [1.82, 2.24) is 4.98 Å². The summed E-state index contributed by atoms with van der Waals surface area (Å²) in [7, 11) is 0. The van der Waals surface area contributed by atoms with Crippen molar-refractivity contribution >= 4 is 0 Å². The largest absolute Gasteiger partial charge is 0.255 e. The van der Waals surface area contributed by atoms with Crippen LogP contribution in [-0.4, -0.2) is 4.98 Å². The van der Waals surface area contributed by atoms with Crippen LogP contribution in [0, 0.1) is 0 Å². The van der Waals surface area contributed by atoms with E-state index in [9.17, 15) is 0 Å². The number of fused-ring (bicyclic) bond motifs is 4. The van der Waals surface area contributed by atoms with E-state index in [0.717, 1.165) is 12.8 Å². The molecule has 1 nitrogen and oxygen atoms in total. The molecule has 1 aliphatic heterocycles. The molecular formula is C18H15N. The SMILES string of the molecule is c1cc2cnc3c(cc-2c1)CCCc1ccccc1-3. The van der Waals surface area contributed by atoms with Crippen molar-refractivity contribution in [2.75, 3.05) is 0 Å². The Morgan fingerprint density at radius 3 is 2.63 bits per heavy atom. The molecule has 3 aliphatic rings. The predicted octanol–water partition coefficient (Wildman–Crippen LogP) is 4.34. The monoisotopic (exact) mass is 245 g/mol. The summed E-state index contributed by atoms with van der Waals surface area (Å²) < 4.78 is 0. The molecule has 0 saturated heterocycles. The molecule has 0 spiro atoms. The maximum atomic E-state index is 4.78. The Balaban J connectivity index is 2.04. The molecule has 0 bridgehead atoms. The van der Waals surface area contributed by atoms with Crippen LogP contribution in [0.5, 0.6) is 0 Å². The molecule has 2 aliphatic carbocycles. The summed E-state index contributed by atoms with van der Waals surface area (Å²) in [5.41, 5.74) is 7.82. The minimum absolute atomic E-state index is 1.12. The Hall–Kier alpha value is -2.15. The first-order valence-corrected chi connectivity index (χ1v) is 6.88. The zero-order chi connectivity index (χ0) is 12.7. The molecule has 0 atom stereocenters. The average Bonchev–Trinajstić information content (AvgIpc) is 2.70. The van der Waals surface area contributed by atoms with E-state index in [1.807, 2.05) is 6.20 Å². The molecule has 1 heterocycles. The molecule has 92 valence electrons. The minimum atomic E-state index is 1.12. The molecule has 1 aromatic carbocycles. The number of benzene rings is 1. The van der Waals surface area contributed by atoms with Crippen LogP contribution < -0.4 is 0 Å². The third-order valence-corrected chi connectivity index (χ3v) is 4.02. The van der Waals surface area contributed by atoms with Crippen LogP contribution in [0.4, 0.5) is 0 Å². The van der Waals surface area contributed by atoms with E-state index >= 15 is 0 Å². The Kier molecular flexibility index (Phi) is 2.37. The summed E-state index contributed by atoms with van der Waals surface area (Å²) in [5.74, 6) is 0. The first-order chi connectivity index (χ1) is 9.42. The summed E-state index contributed by atoms with van der Waals surface area (Å²) in [6.07, 6.45) is 5.49. The van der Waals surface area contributed by atoms with Crippen LogP contribution in [0.15, 0.2) is 54.7 Å². The Bertz CT molecular complexity index is 715. The van der Waals surface area contributed by atoms with E-state index in [2.05, 4.69) is 48.5 Å². The lowest BCUT2D eigenvalue weighted by atomic mass is 10.0. The maximum absolute atomic E-state index is 4.78. The zero-order valence-corrected chi connectivity index (χ0v) is 10.8. The highest BCUT2D eigenvalue weighted by Crippen LogP contribution is 2.33. The molecule has 0 N–H and O–H groups in total. The number of nitrogens with zero attached hydrogens (tertiary/aromatic N) is 1. The van der Waals surface area contributed by atoms with Crippen molar-refractivity contribution in [1.29, 1.82) is 0 Å². The van der Waals surface area contributed by atoms with Gasteiger partial charge in [-0.3, -0.25) is 4.98 Å². The van der Waals surface area contributed by atoms with Crippen LogP contribution in [0.25, 0.3) is 22.4 Å². The van der Waals surface area contributed by atoms with Crippen molar-refractivity contribution in [3.63, 3.8) is 0 Å². The first-order valence-electron chi connectivity index (χ1n) is 6.88. The number of hydrogen-bond donors (Lipinski definition) is 0. The van der Waals surface area contributed by atoms with Crippen molar-refractivity contribution in [3.8, 4) is 22.4 Å². The van der Waals surface area contributed by atoms with Gasteiger partial charge >= 0.3 is 0 Å².